The number of rotatable bonds is 1. The molecule has 2 nitrogen and oxygen atoms in total. The molecule has 0 radical (unpaired) electrons. The van der Waals surface area contributed by atoms with Gasteiger partial charge in [-0.15, -0.1) is 0 Å². The Labute approximate surface area is 55.6 Å². The minimum atomic E-state index is 0.303. The van der Waals surface area contributed by atoms with Crippen molar-refractivity contribution in [1.82, 2.24) is 0 Å². The maximum absolute atomic E-state index is 8.74. The topological polar surface area (TPSA) is 32.6 Å². The highest BCUT2D eigenvalue weighted by atomic mass is 16.3. The van der Waals surface area contributed by atoms with Crippen LogP contribution in [-0.2, 0) is 0 Å². The fourth-order valence-corrected chi connectivity index (χ4v) is 1.05. The first kappa shape index (κ1) is 6.75. The zero-order valence-electron chi connectivity index (χ0n) is 5.58. The van der Waals surface area contributed by atoms with Gasteiger partial charge in [0.05, 0.1) is 0 Å². The van der Waals surface area contributed by atoms with E-state index in [0.717, 1.165) is 19.4 Å². The Hall–Kier alpha value is -0.370. The Morgan fingerprint density at radius 1 is 1.67 bits per heavy atom. The van der Waals surface area contributed by atoms with E-state index in [2.05, 4.69) is 4.99 Å². The molecular formula is C7H13NO. The van der Waals surface area contributed by atoms with Gasteiger partial charge in [-0.2, -0.15) is 0 Å². The summed E-state index contributed by atoms with van der Waals surface area (Å²) in [7, 11) is 0. The fraction of sp³-hybridized carbons (Fsp3) is 0.857. The molecule has 1 heterocycles. The van der Waals surface area contributed by atoms with Gasteiger partial charge in [-0.3, -0.25) is 4.99 Å². The summed E-state index contributed by atoms with van der Waals surface area (Å²) in [4.78, 5) is 4.14. The van der Waals surface area contributed by atoms with E-state index in [4.69, 9.17) is 5.11 Å². The molecule has 0 fully saturated rings. The van der Waals surface area contributed by atoms with Crippen molar-refractivity contribution < 1.29 is 5.11 Å². The Morgan fingerprint density at radius 2 is 2.56 bits per heavy atom. The van der Waals surface area contributed by atoms with Crippen LogP contribution in [0.25, 0.3) is 0 Å². The number of hydrogen-bond donors (Lipinski definition) is 1. The molecule has 0 saturated carbocycles. The lowest BCUT2D eigenvalue weighted by Gasteiger charge is -2.06. The van der Waals surface area contributed by atoms with Crippen LogP contribution < -0.4 is 0 Å². The molecule has 0 amide bonds. The molecule has 1 aliphatic heterocycles. The fourth-order valence-electron chi connectivity index (χ4n) is 1.05. The van der Waals surface area contributed by atoms with Gasteiger partial charge < -0.3 is 5.11 Å². The molecule has 0 spiro atoms. The van der Waals surface area contributed by atoms with E-state index in [9.17, 15) is 0 Å². The molecule has 0 bridgehead atoms. The average molecular weight is 127 g/mol. The summed E-state index contributed by atoms with van der Waals surface area (Å²) < 4.78 is 0. The van der Waals surface area contributed by atoms with Crippen LogP contribution in [0, 0.1) is 5.92 Å². The molecule has 2 heteroatoms. The van der Waals surface area contributed by atoms with Crippen molar-refractivity contribution in [3.63, 3.8) is 0 Å². The lowest BCUT2D eigenvalue weighted by molar-refractivity contribution is 0.223. The van der Waals surface area contributed by atoms with Gasteiger partial charge in [0.25, 0.3) is 0 Å². The summed E-state index contributed by atoms with van der Waals surface area (Å²) in [5.74, 6) is 0.434. The third-order valence-corrected chi connectivity index (χ3v) is 1.70. The van der Waals surface area contributed by atoms with Crippen LogP contribution in [0.5, 0.6) is 0 Å². The maximum Gasteiger partial charge on any atom is 0.0476 e. The van der Waals surface area contributed by atoms with E-state index < -0.39 is 0 Å². The quantitative estimate of drug-likeness (QED) is 0.556. The summed E-state index contributed by atoms with van der Waals surface area (Å²) in [6, 6.07) is 0. The molecule has 0 aromatic carbocycles. The Bertz CT molecular complexity index is 101. The summed E-state index contributed by atoms with van der Waals surface area (Å²) in [5, 5.41) is 8.74. The lowest BCUT2D eigenvalue weighted by Crippen LogP contribution is -2.07. The number of aliphatic hydroxyl groups is 1. The van der Waals surface area contributed by atoms with Crippen LogP contribution in [0.3, 0.4) is 0 Å². The second kappa shape index (κ2) is 3.62. The van der Waals surface area contributed by atoms with Gasteiger partial charge in [0.15, 0.2) is 0 Å². The molecule has 1 rings (SSSR count). The van der Waals surface area contributed by atoms with Gasteiger partial charge in [0.1, 0.15) is 0 Å². The lowest BCUT2D eigenvalue weighted by atomic mass is 10.1. The summed E-state index contributed by atoms with van der Waals surface area (Å²) in [6.45, 7) is 1.13. The number of aliphatic hydroxyl groups excluding tert-OH is 1. The van der Waals surface area contributed by atoms with Crippen LogP contribution >= 0.6 is 0 Å². The zero-order valence-corrected chi connectivity index (χ0v) is 5.58. The molecule has 1 unspecified atom stereocenters. The third-order valence-electron chi connectivity index (χ3n) is 1.70. The molecule has 1 aliphatic rings. The summed E-state index contributed by atoms with van der Waals surface area (Å²) >= 11 is 0. The SMILES string of the molecule is OCC1CCCC=NC1. The van der Waals surface area contributed by atoms with Gasteiger partial charge in [0.2, 0.25) is 0 Å². The second-order valence-electron chi connectivity index (χ2n) is 2.53. The van der Waals surface area contributed by atoms with E-state index >= 15 is 0 Å². The van der Waals surface area contributed by atoms with Crippen LogP contribution in [0.2, 0.25) is 0 Å². The Balaban J connectivity index is 2.29. The maximum atomic E-state index is 8.74. The van der Waals surface area contributed by atoms with Gasteiger partial charge in [-0.25, -0.2) is 0 Å². The van der Waals surface area contributed by atoms with E-state index in [0.29, 0.717) is 12.5 Å². The van der Waals surface area contributed by atoms with E-state index in [-0.39, 0.29) is 0 Å². The highest BCUT2D eigenvalue weighted by molar-refractivity contribution is 5.57. The smallest absolute Gasteiger partial charge is 0.0476 e. The van der Waals surface area contributed by atoms with Gasteiger partial charge in [0, 0.05) is 19.1 Å². The predicted molar refractivity (Wildman–Crippen MR) is 37.8 cm³/mol. The van der Waals surface area contributed by atoms with Crippen molar-refractivity contribution in [2.45, 2.75) is 19.3 Å². The first-order valence-corrected chi connectivity index (χ1v) is 3.52. The molecular weight excluding hydrogens is 114 g/mol. The van der Waals surface area contributed by atoms with Gasteiger partial charge in [-0.1, -0.05) is 0 Å². The first-order valence-electron chi connectivity index (χ1n) is 3.52. The molecule has 0 aromatic heterocycles. The highest BCUT2D eigenvalue weighted by Gasteiger charge is 2.06. The monoisotopic (exact) mass is 127 g/mol. The van der Waals surface area contributed by atoms with Crippen LogP contribution in [0.15, 0.2) is 4.99 Å². The molecule has 1 N–H and O–H groups in total. The first-order chi connectivity index (χ1) is 4.43. The minimum Gasteiger partial charge on any atom is -0.396 e. The van der Waals surface area contributed by atoms with Gasteiger partial charge in [-0.05, 0) is 25.5 Å². The van der Waals surface area contributed by atoms with E-state index in [1.807, 2.05) is 6.21 Å². The summed E-state index contributed by atoms with van der Waals surface area (Å²) in [5.41, 5.74) is 0. The third kappa shape index (κ3) is 2.14. The molecule has 0 saturated heterocycles. The van der Waals surface area contributed by atoms with Crippen LogP contribution in [-0.4, -0.2) is 24.5 Å². The standard InChI is InChI=1S/C7H13NO/c9-6-7-3-1-2-4-8-5-7/h4,7,9H,1-3,5-6H2. The van der Waals surface area contributed by atoms with Crippen molar-refractivity contribution >= 4 is 6.21 Å². The minimum absolute atomic E-state index is 0.303. The van der Waals surface area contributed by atoms with Crippen molar-refractivity contribution in [1.29, 1.82) is 0 Å². The Kier molecular flexibility index (Phi) is 2.71. The van der Waals surface area contributed by atoms with E-state index in [1.54, 1.807) is 0 Å². The highest BCUT2D eigenvalue weighted by Crippen LogP contribution is 2.10. The largest absolute Gasteiger partial charge is 0.396 e. The van der Waals surface area contributed by atoms with Crippen molar-refractivity contribution in [2.75, 3.05) is 13.2 Å². The summed E-state index contributed by atoms with van der Waals surface area (Å²) in [6.07, 6.45) is 5.39. The molecule has 52 valence electrons. The second-order valence-corrected chi connectivity index (χ2v) is 2.53. The molecule has 0 aromatic rings. The van der Waals surface area contributed by atoms with E-state index in [1.165, 1.54) is 6.42 Å². The average Bonchev–Trinajstić information content (AvgIpc) is 2.13. The predicted octanol–water partition coefficient (Wildman–Crippen LogP) is 0.850. The molecule has 1 atom stereocenters. The molecule has 0 aliphatic carbocycles. The molecule has 9 heavy (non-hydrogen) atoms. The number of aliphatic imine (C=N–C) groups is 1. The number of nitrogens with zero attached hydrogens (tertiary/aromatic N) is 1. The van der Waals surface area contributed by atoms with Crippen LogP contribution in [0.1, 0.15) is 19.3 Å². The Morgan fingerprint density at radius 3 is 3.33 bits per heavy atom. The van der Waals surface area contributed by atoms with Crippen LogP contribution in [0.4, 0.5) is 0 Å². The zero-order chi connectivity index (χ0) is 6.53. The van der Waals surface area contributed by atoms with Crippen molar-refractivity contribution in [3.8, 4) is 0 Å². The van der Waals surface area contributed by atoms with Crippen molar-refractivity contribution in [3.05, 3.63) is 0 Å². The van der Waals surface area contributed by atoms with Crippen molar-refractivity contribution in [2.24, 2.45) is 10.9 Å². The van der Waals surface area contributed by atoms with Gasteiger partial charge >= 0.3 is 0 Å². The number of hydrogen-bond acceptors (Lipinski definition) is 2. The normalized spacial score (nSPS) is 27.9.